The van der Waals surface area contributed by atoms with Crippen LogP contribution in [-0.4, -0.2) is 12.0 Å². The van der Waals surface area contributed by atoms with Gasteiger partial charge in [-0.05, 0) is 35.4 Å². The number of carbonyl (C=O) groups excluding carboxylic acids is 1. The Hall–Kier alpha value is -1.22. The molecule has 0 fully saturated rings. The largest absolute Gasteiger partial charge is 0.493 e. The van der Waals surface area contributed by atoms with Gasteiger partial charge in [0, 0.05) is 12.1 Å². The minimum atomic E-state index is -0.570. The molecule has 13 heavy (non-hydrogen) atoms. The highest BCUT2D eigenvalue weighted by atomic mass is 35.5. The van der Waals surface area contributed by atoms with Crippen LogP contribution in [0.3, 0.4) is 0 Å². The average molecular weight is 198 g/mol. The number of carbonyl (C=O) groups is 1. The first-order chi connectivity index (χ1) is 6.25. The van der Waals surface area contributed by atoms with Crippen LogP contribution in [0.25, 0.3) is 0 Å². The van der Waals surface area contributed by atoms with E-state index in [1.807, 2.05) is 12.1 Å². The lowest BCUT2D eigenvalue weighted by Gasteiger charge is -2.02. The van der Waals surface area contributed by atoms with E-state index in [0.29, 0.717) is 12.3 Å². The van der Waals surface area contributed by atoms with Crippen molar-refractivity contribution < 1.29 is 9.53 Å². The number of ether oxygens (including phenoxy) is 1. The Morgan fingerprint density at radius 3 is 3.15 bits per heavy atom. The lowest BCUT2D eigenvalue weighted by molar-refractivity contribution is 0.269. The van der Waals surface area contributed by atoms with Gasteiger partial charge in [-0.3, -0.25) is 4.79 Å². The van der Waals surface area contributed by atoms with E-state index in [9.17, 15) is 4.79 Å². The van der Waals surface area contributed by atoms with Crippen LogP contribution in [0.5, 0.6) is 5.75 Å². The Morgan fingerprint density at radius 1 is 1.54 bits per heavy atom. The molecule has 1 N–H and O–H groups in total. The number of halogens is 1. The molecule has 1 aromatic rings. The molecule has 1 aliphatic rings. The monoisotopic (exact) mass is 197 g/mol. The highest BCUT2D eigenvalue weighted by molar-refractivity contribution is 6.65. The van der Waals surface area contributed by atoms with E-state index in [1.165, 1.54) is 0 Å². The number of hydrogen-bond donors (Lipinski definition) is 1. The standard InChI is InChI=1S/C9H8ClNO2/c10-9(12)11-7-1-2-8-6(5-7)3-4-13-8/h1-2,5H,3-4H2,(H,11,12). The summed E-state index contributed by atoms with van der Waals surface area (Å²) in [6, 6.07) is 5.48. The van der Waals surface area contributed by atoms with Gasteiger partial charge in [-0.25, -0.2) is 0 Å². The summed E-state index contributed by atoms with van der Waals surface area (Å²) in [4.78, 5) is 10.5. The van der Waals surface area contributed by atoms with Crippen molar-refractivity contribution in [3.8, 4) is 5.75 Å². The van der Waals surface area contributed by atoms with Crippen LogP contribution in [0.15, 0.2) is 18.2 Å². The highest BCUT2D eigenvalue weighted by Gasteiger charge is 2.12. The third-order valence-corrected chi connectivity index (χ3v) is 2.03. The van der Waals surface area contributed by atoms with Crippen molar-refractivity contribution >= 4 is 22.7 Å². The number of hydrogen-bond acceptors (Lipinski definition) is 2. The number of rotatable bonds is 1. The molecule has 4 heteroatoms. The highest BCUT2D eigenvalue weighted by Crippen LogP contribution is 2.27. The van der Waals surface area contributed by atoms with Gasteiger partial charge in [-0.2, -0.15) is 0 Å². The molecule has 68 valence electrons. The number of fused-ring (bicyclic) bond motifs is 1. The normalized spacial score (nSPS) is 13.3. The molecule has 0 saturated carbocycles. The molecule has 0 radical (unpaired) electrons. The Kier molecular flexibility index (Phi) is 2.10. The van der Waals surface area contributed by atoms with E-state index < -0.39 is 5.37 Å². The summed E-state index contributed by atoms with van der Waals surface area (Å²) in [6.45, 7) is 0.716. The van der Waals surface area contributed by atoms with Gasteiger partial charge in [0.1, 0.15) is 5.75 Å². The second kappa shape index (κ2) is 3.26. The van der Waals surface area contributed by atoms with Gasteiger partial charge < -0.3 is 10.1 Å². The molecule has 0 saturated heterocycles. The van der Waals surface area contributed by atoms with Gasteiger partial charge in [0.15, 0.2) is 0 Å². The van der Waals surface area contributed by atoms with Gasteiger partial charge in [0.2, 0.25) is 0 Å². The fourth-order valence-electron chi connectivity index (χ4n) is 1.38. The predicted molar refractivity (Wildman–Crippen MR) is 50.5 cm³/mol. The van der Waals surface area contributed by atoms with E-state index >= 15 is 0 Å². The molecule has 0 unspecified atom stereocenters. The topological polar surface area (TPSA) is 38.3 Å². The summed E-state index contributed by atoms with van der Waals surface area (Å²) in [5, 5.41) is 1.93. The zero-order valence-corrected chi connectivity index (χ0v) is 7.60. The molecule has 1 aromatic carbocycles. The van der Waals surface area contributed by atoms with Gasteiger partial charge in [-0.15, -0.1) is 0 Å². The van der Waals surface area contributed by atoms with Crippen LogP contribution in [0.4, 0.5) is 10.5 Å². The molecule has 0 atom stereocenters. The van der Waals surface area contributed by atoms with Gasteiger partial charge in [0.25, 0.3) is 0 Å². The molecule has 1 aliphatic heterocycles. The Morgan fingerprint density at radius 2 is 2.38 bits per heavy atom. The fourth-order valence-corrected chi connectivity index (χ4v) is 1.49. The molecule has 0 aromatic heterocycles. The summed E-state index contributed by atoms with van der Waals surface area (Å²) in [6.07, 6.45) is 0.890. The van der Waals surface area contributed by atoms with Crippen molar-refractivity contribution in [1.82, 2.24) is 0 Å². The van der Waals surface area contributed by atoms with E-state index in [-0.39, 0.29) is 0 Å². The second-order valence-corrected chi connectivity index (χ2v) is 3.16. The first-order valence-electron chi connectivity index (χ1n) is 3.98. The maximum atomic E-state index is 10.5. The Balaban J connectivity index is 2.25. The zero-order valence-electron chi connectivity index (χ0n) is 6.84. The summed E-state index contributed by atoms with van der Waals surface area (Å²) >= 11 is 5.18. The van der Waals surface area contributed by atoms with E-state index in [2.05, 4.69) is 5.32 Å². The van der Waals surface area contributed by atoms with Crippen LogP contribution < -0.4 is 10.1 Å². The van der Waals surface area contributed by atoms with E-state index in [4.69, 9.17) is 16.3 Å². The minimum absolute atomic E-state index is 0.570. The third kappa shape index (κ3) is 1.75. The van der Waals surface area contributed by atoms with Crippen molar-refractivity contribution in [2.75, 3.05) is 11.9 Å². The van der Waals surface area contributed by atoms with Crippen LogP contribution in [0.2, 0.25) is 0 Å². The third-order valence-electron chi connectivity index (χ3n) is 1.93. The van der Waals surface area contributed by atoms with Gasteiger partial charge >= 0.3 is 5.37 Å². The lowest BCUT2D eigenvalue weighted by Crippen LogP contribution is -2.00. The second-order valence-electron chi connectivity index (χ2n) is 2.82. The molecular formula is C9H8ClNO2. The quantitative estimate of drug-likeness (QED) is 0.555. The summed E-state index contributed by atoms with van der Waals surface area (Å²) in [5.74, 6) is 0.896. The SMILES string of the molecule is O=C(Cl)Nc1ccc2c(c1)CCO2. The average Bonchev–Trinajstić information content (AvgIpc) is 2.49. The molecule has 1 heterocycles. The first-order valence-corrected chi connectivity index (χ1v) is 4.36. The zero-order chi connectivity index (χ0) is 9.26. The number of anilines is 1. The number of benzene rings is 1. The van der Waals surface area contributed by atoms with Crippen molar-refractivity contribution in [2.45, 2.75) is 6.42 Å². The molecular weight excluding hydrogens is 190 g/mol. The van der Waals surface area contributed by atoms with E-state index in [0.717, 1.165) is 17.7 Å². The predicted octanol–water partition coefficient (Wildman–Crippen LogP) is 2.39. The smallest absolute Gasteiger partial charge is 0.318 e. The molecule has 2 rings (SSSR count). The summed E-state index contributed by atoms with van der Waals surface area (Å²) < 4.78 is 5.31. The summed E-state index contributed by atoms with van der Waals surface area (Å²) in [7, 11) is 0. The van der Waals surface area contributed by atoms with Crippen molar-refractivity contribution in [2.24, 2.45) is 0 Å². The first kappa shape index (κ1) is 8.38. The van der Waals surface area contributed by atoms with Crippen molar-refractivity contribution in [3.63, 3.8) is 0 Å². The van der Waals surface area contributed by atoms with Crippen LogP contribution >= 0.6 is 11.6 Å². The van der Waals surface area contributed by atoms with Crippen LogP contribution in [-0.2, 0) is 6.42 Å². The van der Waals surface area contributed by atoms with Crippen LogP contribution in [0, 0.1) is 0 Å². The number of amides is 1. The minimum Gasteiger partial charge on any atom is -0.493 e. The molecule has 3 nitrogen and oxygen atoms in total. The lowest BCUT2D eigenvalue weighted by atomic mass is 10.1. The molecule has 0 bridgehead atoms. The maximum absolute atomic E-state index is 10.5. The number of nitrogens with one attached hydrogen (secondary N) is 1. The molecule has 1 amide bonds. The fraction of sp³-hybridized carbons (Fsp3) is 0.222. The Labute approximate surface area is 80.6 Å². The molecule has 0 spiro atoms. The summed E-state index contributed by atoms with van der Waals surface area (Å²) in [5.41, 5.74) is 1.83. The Bertz CT molecular complexity index is 351. The van der Waals surface area contributed by atoms with E-state index in [1.54, 1.807) is 6.07 Å². The van der Waals surface area contributed by atoms with Crippen molar-refractivity contribution in [3.05, 3.63) is 23.8 Å². The molecule has 0 aliphatic carbocycles. The van der Waals surface area contributed by atoms with Gasteiger partial charge in [-0.1, -0.05) is 0 Å². The van der Waals surface area contributed by atoms with Crippen LogP contribution in [0.1, 0.15) is 5.56 Å². The van der Waals surface area contributed by atoms with Crippen molar-refractivity contribution in [1.29, 1.82) is 0 Å². The van der Waals surface area contributed by atoms with Gasteiger partial charge in [0.05, 0.1) is 6.61 Å². The maximum Gasteiger partial charge on any atom is 0.318 e.